The molecule has 0 saturated carbocycles. The molecular formula is C18H37NO. The highest BCUT2D eigenvalue weighted by molar-refractivity contribution is 5.76. The summed E-state index contributed by atoms with van der Waals surface area (Å²) in [5.74, 6) is 0.929. The molecule has 0 rings (SSSR count). The van der Waals surface area contributed by atoms with Crippen LogP contribution in [0, 0.1) is 11.8 Å². The Morgan fingerprint density at radius 2 is 1.30 bits per heavy atom. The number of rotatable bonds is 14. The number of carbonyl (C=O) groups is 1. The molecule has 0 bridgehead atoms. The summed E-state index contributed by atoms with van der Waals surface area (Å²) in [5.41, 5.74) is 5.51. The van der Waals surface area contributed by atoms with Gasteiger partial charge in [0, 0.05) is 5.92 Å². The molecule has 0 fully saturated rings. The third kappa shape index (κ3) is 10.3. The molecule has 0 aromatic rings. The van der Waals surface area contributed by atoms with E-state index in [9.17, 15) is 4.79 Å². The first-order valence-corrected chi connectivity index (χ1v) is 8.94. The Morgan fingerprint density at radius 1 is 0.800 bits per heavy atom. The number of hydrogen-bond donors (Lipinski definition) is 1. The van der Waals surface area contributed by atoms with Crippen molar-refractivity contribution in [2.45, 2.75) is 97.8 Å². The molecule has 2 atom stereocenters. The molecule has 0 spiro atoms. The maximum Gasteiger partial charge on any atom is 0.220 e. The van der Waals surface area contributed by atoms with Crippen LogP contribution in [0.2, 0.25) is 0 Å². The summed E-state index contributed by atoms with van der Waals surface area (Å²) in [4.78, 5) is 11.4. The lowest BCUT2D eigenvalue weighted by Gasteiger charge is -2.16. The molecule has 1 amide bonds. The Labute approximate surface area is 126 Å². The first-order chi connectivity index (χ1) is 9.65. The normalized spacial score (nSPS) is 14.2. The maximum absolute atomic E-state index is 11.4. The number of primary amides is 1. The van der Waals surface area contributed by atoms with Crippen LogP contribution >= 0.6 is 0 Å². The van der Waals surface area contributed by atoms with Crippen LogP contribution in [0.3, 0.4) is 0 Å². The summed E-state index contributed by atoms with van der Waals surface area (Å²) in [6, 6.07) is 0. The van der Waals surface area contributed by atoms with Gasteiger partial charge in [-0.15, -0.1) is 0 Å². The molecule has 0 unspecified atom stereocenters. The Balaban J connectivity index is 3.78. The Bertz CT molecular complexity index is 227. The lowest BCUT2D eigenvalue weighted by atomic mass is 9.90. The van der Waals surface area contributed by atoms with E-state index in [1.165, 1.54) is 57.8 Å². The molecule has 0 aromatic carbocycles. The summed E-state index contributed by atoms with van der Waals surface area (Å²) >= 11 is 0. The first kappa shape index (κ1) is 19.5. The summed E-state index contributed by atoms with van der Waals surface area (Å²) in [5, 5.41) is 0. The molecule has 2 N–H and O–H groups in total. The third-order valence-electron chi connectivity index (χ3n) is 4.52. The van der Waals surface area contributed by atoms with E-state index in [0.717, 1.165) is 25.2 Å². The predicted molar refractivity (Wildman–Crippen MR) is 88.6 cm³/mol. The van der Waals surface area contributed by atoms with Gasteiger partial charge >= 0.3 is 0 Å². The van der Waals surface area contributed by atoms with E-state index in [1.54, 1.807) is 0 Å². The highest BCUT2D eigenvalue weighted by atomic mass is 16.1. The topological polar surface area (TPSA) is 43.1 Å². The molecule has 2 nitrogen and oxygen atoms in total. The van der Waals surface area contributed by atoms with Gasteiger partial charge in [-0.05, 0) is 18.8 Å². The van der Waals surface area contributed by atoms with E-state index in [1.807, 2.05) is 0 Å². The minimum atomic E-state index is -0.0841. The number of amides is 1. The molecule has 0 saturated heterocycles. The van der Waals surface area contributed by atoms with Crippen LogP contribution in [0.4, 0.5) is 0 Å². The van der Waals surface area contributed by atoms with Crippen LogP contribution < -0.4 is 5.73 Å². The van der Waals surface area contributed by atoms with Crippen molar-refractivity contribution >= 4 is 5.91 Å². The summed E-state index contributed by atoms with van der Waals surface area (Å²) in [6.45, 7) is 6.76. The van der Waals surface area contributed by atoms with Crippen LogP contribution in [0.15, 0.2) is 0 Å². The minimum absolute atomic E-state index is 0.0841. The molecule has 20 heavy (non-hydrogen) atoms. The van der Waals surface area contributed by atoms with Gasteiger partial charge in [-0.25, -0.2) is 0 Å². The van der Waals surface area contributed by atoms with Crippen LogP contribution in [0.5, 0.6) is 0 Å². The van der Waals surface area contributed by atoms with Gasteiger partial charge < -0.3 is 5.73 Å². The van der Waals surface area contributed by atoms with Crippen LogP contribution in [-0.4, -0.2) is 5.91 Å². The van der Waals surface area contributed by atoms with E-state index in [4.69, 9.17) is 5.73 Å². The molecule has 0 radical (unpaired) electrons. The molecule has 0 aliphatic carbocycles. The third-order valence-corrected chi connectivity index (χ3v) is 4.52. The van der Waals surface area contributed by atoms with E-state index in [-0.39, 0.29) is 11.8 Å². The molecule has 0 aliphatic heterocycles. The van der Waals surface area contributed by atoms with Crippen LogP contribution in [-0.2, 0) is 4.79 Å². The van der Waals surface area contributed by atoms with E-state index < -0.39 is 0 Å². The van der Waals surface area contributed by atoms with Crippen molar-refractivity contribution in [2.24, 2.45) is 17.6 Å². The lowest BCUT2D eigenvalue weighted by molar-refractivity contribution is -0.122. The predicted octanol–water partition coefficient (Wildman–Crippen LogP) is 5.45. The zero-order valence-corrected chi connectivity index (χ0v) is 14.1. The first-order valence-electron chi connectivity index (χ1n) is 8.94. The largest absolute Gasteiger partial charge is 0.369 e. The molecule has 120 valence electrons. The van der Waals surface area contributed by atoms with Gasteiger partial charge in [-0.1, -0.05) is 85.0 Å². The number of unbranched alkanes of at least 4 members (excludes halogenated alkanes) is 4. The second kappa shape index (κ2) is 13.5. The monoisotopic (exact) mass is 283 g/mol. The minimum Gasteiger partial charge on any atom is -0.369 e. The van der Waals surface area contributed by atoms with Gasteiger partial charge in [0.05, 0.1) is 0 Å². The average Bonchev–Trinajstić information content (AvgIpc) is 2.44. The van der Waals surface area contributed by atoms with Crippen molar-refractivity contribution < 1.29 is 4.79 Å². The summed E-state index contributed by atoms with van der Waals surface area (Å²) in [6.07, 6.45) is 14.7. The lowest BCUT2D eigenvalue weighted by Crippen LogP contribution is -2.23. The molecule has 0 aromatic heterocycles. The van der Waals surface area contributed by atoms with E-state index >= 15 is 0 Å². The van der Waals surface area contributed by atoms with Gasteiger partial charge in [0.15, 0.2) is 0 Å². The van der Waals surface area contributed by atoms with Crippen molar-refractivity contribution in [1.29, 1.82) is 0 Å². The molecular weight excluding hydrogens is 246 g/mol. The maximum atomic E-state index is 11.4. The zero-order valence-electron chi connectivity index (χ0n) is 14.1. The van der Waals surface area contributed by atoms with Crippen molar-refractivity contribution in [3.8, 4) is 0 Å². The molecule has 2 heteroatoms. The number of nitrogens with two attached hydrogens (primary N) is 1. The Morgan fingerprint density at radius 3 is 1.80 bits per heavy atom. The highest BCUT2D eigenvalue weighted by Crippen LogP contribution is 2.22. The van der Waals surface area contributed by atoms with Crippen molar-refractivity contribution in [1.82, 2.24) is 0 Å². The second-order valence-electron chi connectivity index (χ2n) is 6.30. The van der Waals surface area contributed by atoms with Gasteiger partial charge in [0.2, 0.25) is 5.91 Å². The number of hydrogen-bond acceptors (Lipinski definition) is 1. The fraction of sp³-hybridized carbons (Fsp3) is 0.944. The Kier molecular flexibility index (Phi) is 13.1. The van der Waals surface area contributed by atoms with Crippen molar-refractivity contribution in [2.75, 3.05) is 0 Å². The highest BCUT2D eigenvalue weighted by Gasteiger charge is 2.14. The van der Waals surface area contributed by atoms with Crippen molar-refractivity contribution in [3.05, 3.63) is 0 Å². The smallest absolute Gasteiger partial charge is 0.220 e. The quantitative estimate of drug-likeness (QED) is 0.423. The summed E-state index contributed by atoms with van der Waals surface area (Å²) < 4.78 is 0. The molecule has 0 aliphatic rings. The van der Waals surface area contributed by atoms with Gasteiger partial charge in [0.25, 0.3) is 0 Å². The van der Waals surface area contributed by atoms with Gasteiger partial charge in [-0.2, -0.15) is 0 Å². The fourth-order valence-corrected chi connectivity index (χ4v) is 2.94. The summed E-state index contributed by atoms with van der Waals surface area (Å²) in [7, 11) is 0. The van der Waals surface area contributed by atoms with Crippen LogP contribution in [0.1, 0.15) is 97.8 Å². The van der Waals surface area contributed by atoms with E-state index in [0.29, 0.717) is 0 Å². The standard InChI is InChI=1S/C18H37NO/c1-4-7-9-14-17(18(19)20)15-11-10-13-16(6-3)12-8-5-2/h16-17H,4-15H2,1-3H3,(H2,19,20)/t16-,17+/m1/s1. The average molecular weight is 283 g/mol. The van der Waals surface area contributed by atoms with Crippen molar-refractivity contribution in [3.63, 3.8) is 0 Å². The van der Waals surface area contributed by atoms with Crippen LogP contribution in [0.25, 0.3) is 0 Å². The zero-order chi connectivity index (χ0) is 15.2. The Hall–Kier alpha value is -0.530. The second-order valence-corrected chi connectivity index (χ2v) is 6.30. The number of carbonyl (C=O) groups excluding carboxylic acids is 1. The van der Waals surface area contributed by atoms with E-state index in [2.05, 4.69) is 20.8 Å². The fourth-order valence-electron chi connectivity index (χ4n) is 2.94. The molecule has 0 heterocycles. The van der Waals surface area contributed by atoms with Gasteiger partial charge in [-0.3, -0.25) is 4.79 Å². The SMILES string of the molecule is CCCCC[C@@H](CCCC[C@H](CC)CCCC)C(N)=O. The van der Waals surface area contributed by atoms with Gasteiger partial charge in [0.1, 0.15) is 0 Å².